The first-order chi connectivity index (χ1) is 6.79. The van der Waals surface area contributed by atoms with Gasteiger partial charge in [0, 0.05) is 18.3 Å². The molecule has 1 atom stereocenters. The third kappa shape index (κ3) is 2.23. The Morgan fingerprint density at radius 3 is 3.07 bits per heavy atom. The standard InChI is InChI=1S/C11H16N2O/c1-14-11-7-8(4-5-13-11)6-10(12)9-2-3-9/h4-5,7,9-10H,2-3,6,12H2,1H3. The Bertz CT molecular complexity index is 310. The number of nitrogens with zero attached hydrogens (tertiary/aromatic N) is 1. The van der Waals surface area contributed by atoms with Gasteiger partial charge in [-0.25, -0.2) is 4.98 Å². The van der Waals surface area contributed by atoms with Crippen molar-refractivity contribution in [3.63, 3.8) is 0 Å². The van der Waals surface area contributed by atoms with Gasteiger partial charge >= 0.3 is 0 Å². The minimum atomic E-state index is 0.308. The van der Waals surface area contributed by atoms with E-state index in [1.165, 1.54) is 18.4 Å². The minimum absolute atomic E-state index is 0.308. The summed E-state index contributed by atoms with van der Waals surface area (Å²) in [5, 5.41) is 0. The monoisotopic (exact) mass is 192 g/mol. The summed E-state index contributed by atoms with van der Waals surface area (Å²) in [7, 11) is 1.63. The zero-order chi connectivity index (χ0) is 9.97. The average Bonchev–Trinajstić information content (AvgIpc) is 3.01. The van der Waals surface area contributed by atoms with Crippen LogP contribution in [0.5, 0.6) is 5.88 Å². The first-order valence-corrected chi connectivity index (χ1v) is 5.04. The summed E-state index contributed by atoms with van der Waals surface area (Å²) in [5.41, 5.74) is 7.26. The van der Waals surface area contributed by atoms with Gasteiger partial charge in [-0.15, -0.1) is 0 Å². The normalized spacial score (nSPS) is 17.9. The second-order valence-electron chi connectivity index (χ2n) is 3.91. The van der Waals surface area contributed by atoms with Gasteiger partial charge in [0.25, 0.3) is 0 Å². The van der Waals surface area contributed by atoms with Crippen LogP contribution in [0.1, 0.15) is 18.4 Å². The van der Waals surface area contributed by atoms with E-state index in [-0.39, 0.29) is 0 Å². The maximum Gasteiger partial charge on any atom is 0.213 e. The van der Waals surface area contributed by atoms with Crippen molar-refractivity contribution in [2.24, 2.45) is 11.7 Å². The quantitative estimate of drug-likeness (QED) is 0.783. The molecule has 0 spiro atoms. The first kappa shape index (κ1) is 9.46. The zero-order valence-electron chi connectivity index (χ0n) is 8.44. The molecule has 0 bridgehead atoms. The van der Waals surface area contributed by atoms with Crippen molar-refractivity contribution in [1.82, 2.24) is 4.98 Å². The molecular weight excluding hydrogens is 176 g/mol. The number of pyridine rings is 1. The van der Waals surface area contributed by atoms with E-state index in [0.29, 0.717) is 11.9 Å². The van der Waals surface area contributed by atoms with E-state index in [1.54, 1.807) is 13.3 Å². The van der Waals surface area contributed by atoms with E-state index < -0.39 is 0 Å². The SMILES string of the molecule is COc1cc(CC(N)C2CC2)ccn1. The number of methoxy groups -OCH3 is 1. The third-order valence-electron chi connectivity index (χ3n) is 2.71. The molecule has 0 amide bonds. The fraction of sp³-hybridized carbons (Fsp3) is 0.545. The highest BCUT2D eigenvalue weighted by Gasteiger charge is 2.28. The Balaban J connectivity index is 2.00. The summed E-state index contributed by atoms with van der Waals surface area (Å²) in [4.78, 5) is 4.06. The fourth-order valence-electron chi connectivity index (χ4n) is 1.65. The molecule has 0 saturated heterocycles. The lowest BCUT2D eigenvalue weighted by Gasteiger charge is -2.10. The van der Waals surface area contributed by atoms with Crippen LogP contribution < -0.4 is 10.5 Å². The van der Waals surface area contributed by atoms with E-state index in [0.717, 1.165) is 12.3 Å². The van der Waals surface area contributed by atoms with Gasteiger partial charge in [0.15, 0.2) is 0 Å². The molecule has 1 aromatic rings. The van der Waals surface area contributed by atoms with Crippen LogP contribution in [0.4, 0.5) is 0 Å². The molecular formula is C11H16N2O. The second-order valence-corrected chi connectivity index (χ2v) is 3.91. The van der Waals surface area contributed by atoms with Crippen LogP contribution in [-0.4, -0.2) is 18.1 Å². The summed E-state index contributed by atoms with van der Waals surface area (Å²) in [6.45, 7) is 0. The van der Waals surface area contributed by atoms with E-state index in [1.807, 2.05) is 12.1 Å². The highest BCUT2D eigenvalue weighted by atomic mass is 16.5. The number of rotatable bonds is 4. The smallest absolute Gasteiger partial charge is 0.213 e. The number of ether oxygens (including phenoxy) is 1. The van der Waals surface area contributed by atoms with Crippen molar-refractivity contribution in [3.05, 3.63) is 23.9 Å². The summed E-state index contributed by atoms with van der Waals surface area (Å²) in [6.07, 6.45) is 5.30. The predicted octanol–water partition coefficient (Wildman–Crippen LogP) is 1.37. The summed E-state index contributed by atoms with van der Waals surface area (Å²) in [6, 6.07) is 4.27. The number of hydrogen-bond acceptors (Lipinski definition) is 3. The Hall–Kier alpha value is -1.09. The van der Waals surface area contributed by atoms with Crippen molar-refractivity contribution in [3.8, 4) is 5.88 Å². The predicted molar refractivity (Wildman–Crippen MR) is 55.2 cm³/mol. The Labute approximate surface area is 84.3 Å². The van der Waals surface area contributed by atoms with Gasteiger partial charge in [0.05, 0.1) is 7.11 Å². The zero-order valence-corrected chi connectivity index (χ0v) is 8.44. The van der Waals surface area contributed by atoms with Crippen molar-refractivity contribution in [2.45, 2.75) is 25.3 Å². The summed E-state index contributed by atoms with van der Waals surface area (Å²) >= 11 is 0. The van der Waals surface area contributed by atoms with Crippen molar-refractivity contribution in [2.75, 3.05) is 7.11 Å². The van der Waals surface area contributed by atoms with E-state index >= 15 is 0 Å². The second kappa shape index (κ2) is 3.96. The van der Waals surface area contributed by atoms with E-state index in [4.69, 9.17) is 10.5 Å². The molecule has 0 aromatic carbocycles. The molecule has 76 valence electrons. The molecule has 1 heterocycles. The van der Waals surface area contributed by atoms with Crippen LogP contribution in [0.3, 0.4) is 0 Å². The molecule has 3 nitrogen and oxygen atoms in total. The highest BCUT2D eigenvalue weighted by Crippen LogP contribution is 2.32. The molecule has 1 unspecified atom stereocenters. The van der Waals surface area contributed by atoms with Gasteiger partial charge < -0.3 is 10.5 Å². The van der Waals surface area contributed by atoms with Gasteiger partial charge in [0.2, 0.25) is 5.88 Å². The van der Waals surface area contributed by atoms with Crippen molar-refractivity contribution in [1.29, 1.82) is 0 Å². The van der Waals surface area contributed by atoms with Crippen LogP contribution in [0, 0.1) is 5.92 Å². The van der Waals surface area contributed by atoms with Crippen LogP contribution >= 0.6 is 0 Å². The first-order valence-electron chi connectivity index (χ1n) is 5.04. The van der Waals surface area contributed by atoms with Gasteiger partial charge in [0.1, 0.15) is 0 Å². The van der Waals surface area contributed by atoms with Crippen LogP contribution in [0.2, 0.25) is 0 Å². The number of nitrogens with two attached hydrogens (primary N) is 1. The van der Waals surface area contributed by atoms with Crippen molar-refractivity contribution < 1.29 is 4.74 Å². The highest BCUT2D eigenvalue weighted by molar-refractivity contribution is 5.21. The summed E-state index contributed by atoms with van der Waals surface area (Å²) in [5.74, 6) is 1.42. The van der Waals surface area contributed by atoms with Crippen LogP contribution in [0.25, 0.3) is 0 Å². The molecule has 2 rings (SSSR count). The van der Waals surface area contributed by atoms with E-state index in [9.17, 15) is 0 Å². The summed E-state index contributed by atoms with van der Waals surface area (Å²) < 4.78 is 5.06. The lowest BCUT2D eigenvalue weighted by atomic mass is 10.0. The van der Waals surface area contributed by atoms with Gasteiger partial charge in [-0.1, -0.05) is 0 Å². The lowest BCUT2D eigenvalue weighted by molar-refractivity contribution is 0.397. The maximum absolute atomic E-state index is 6.04. The molecule has 1 aromatic heterocycles. The van der Waals surface area contributed by atoms with Crippen molar-refractivity contribution >= 4 is 0 Å². The molecule has 2 N–H and O–H groups in total. The molecule has 14 heavy (non-hydrogen) atoms. The molecule has 1 aliphatic carbocycles. The van der Waals surface area contributed by atoms with Gasteiger partial charge in [-0.2, -0.15) is 0 Å². The Morgan fingerprint density at radius 2 is 2.43 bits per heavy atom. The largest absolute Gasteiger partial charge is 0.481 e. The van der Waals surface area contributed by atoms with Gasteiger partial charge in [-0.3, -0.25) is 0 Å². The van der Waals surface area contributed by atoms with Crippen LogP contribution in [0.15, 0.2) is 18.3 Å². The molecule has 1 aliphatic rings. The molecule has 0 aliphatic heterocycles. The number of aromatic nitrogens is 1. The number of hydrogen-bond donors (Lipinski definition) is 1. The Morgan fingerprint density at radius 1 is 1.64 bits per heavy atom. The van der Waals surface area contributed by atoms with E-state index in [2.05, 4.69) is 4.98 Å². The maximum atomic E-state index is 6.04. The van der Waals surface area contributed by atoms with Gasteiger partial charge in [-0.05, 0) is 36.8 Å². The molecule has 1 saturated carbocycles. The van der Waals surface area contributed by atoms with Crippen LogP contribution in [-0.2, 0) is 6.42 Å². The third-order valence-corrected chi connectivity index (χ3v) is 2.71. The lowest BCUT2D eigenvalue weighted by Crippen LogP contribution is -2.24. The Kier molecular flexibility index (Phi) is 2.68. The molecule has 0 radical (unpaired) electrons. The molecule has 1 fully saturated rings. The topological polar surface area (TPSA) is 48.1 Å². The fourth-order valence-corrected chi connectivity index (χ4v) is 1.65. The molecule has 3 heteroatoms. The minimum Gasteiger partial charge on any atom is -0.481 e. The average molecular weight is 192 g/mol.